The zero-order valence-electron chi connectivity index (χ0n) is 16.1. The molecule has 2 fully saturated rings. The molecule has 142 valence electrons. The van der Waals surface area contributed by atoms with E-state index >= 15 is 0 Å². The fourth-order valence-electron chi connectivity index (χ4n) is 4.25. The van der Waals surface area contributed by atoms with Crippen molar-refractivity contribution in [2.45, 2.75) is 45.7 Å². The molecular weight excluding hydrogens is 328 g/mol. The number of likely N-dealkylation sites (tertiary alicyclic amines) is 2. The summed E-state index contributed by atoms with van der Waals surface area (Å²) in [6.45, 7) is 7.32. The standard InChI is InChI=1S/C20H30N4O2/c1-16(2)24-10-5-7-20(19(24)26)8-11-23(15-20)18(25)14-22(3)13-17-6-4-9-21-12-17/h4,6,9,12,16H,5,7-8,10-11,13-15H2,1-3H3. The maximum Gasteiger partial charge on any atom is 0.236 e. The first-order valence-electron chi connectivity index (χ1n) is 9.57. The van der Waals surface area contributed by atoms with Crippen molar-refractivity contribution in [3.63, 3.8) is 0 Å². The maximum absolute atomic E-state index is 13.0. The molecule has 1 atom stereocenters. The SMILES string of the molecule is CC(C)N1CCCC2(CCN(C(=O)CN(C)Cc3cccnc3)C2)C1=O. The van der Waals surface area contributed by atoms with Crippen LogP contribution in [0.1, 0.15) is 38.7 Å². The largest absolute Gasteiger partial charge is 0.340 e. The molecule has 0 radical (unpaired) electrons. The van der Waals surface area contributed by atoms with Crippen molar-refractivity contribution in [1.82, 2.24) is 19.7 Å². The molecule has 1 unspecified atom stereocenters. The van der Waals surface area contributed by atoms with Crippen molar-refractivity contribution < 1.29 is 9.59 Å². The Labute approximate surface area is 156 Å². The van der Waals surface area contributed by atoms with Crippen LogP contribution >= 0.6 is 0 Å². The number of hydrogen-bond acceptors (Lipinski definition) is 4. The van der Waals surface area contributed by atoms with Gasteiger partial charge in [-0.15, -0.1) is 0 Å². The molecule has 2 amide bonds. The monoisotopic (exact) mass is 358 g/mol. The van der Waals surface area contributed by atoms with E-state index in [0.717, 1.165) is 31.4 Å². The third kappa shape index (κ3) is 3.90. The lowest BCUT2D eigenvalue weighted by Crippen LogP contribution is -2.53. The lowest BCUT2D eigenvalue weighted by atomic mass is 9.78. The highest BCUT2D eigenvalue weighted by atomic mass is 16.2. The van der Waals surface area contributed by atoms with Crippen LogP contribution in [0.3, 0.4) is 0 Å². The number of likely N-dealkylation sites (N-methyl/N-ethyl adjacent to an activating group) is 1. The minimum Gasteiger partial charge on any atom is -0.340 e. The average molecular weight is 358 g/mol. The van der Waals surface area contributed by atoms with Gasteiger partial charge >= 0.3 is 0 Å². The van der Waals surface area contributed by atoms with Crippen LogP contribution < -0.4 is 0 Å². The van der Waals surface area contributed by atoms with Gasteiger partial charge in [-0.2, -0.15) is 0 Å². The summed E-state index contributed by atoms with van der Waals surface area (Å²) in [6, 6.07) is 4.15. The van der Waals surface area contributed by atoms with E-state index in [4.69, 9.17) is 0 Å². The van der Waals surface area contributed by atoms with Crippen molar-refractivity contribution in [1.29, 1.82) is 0 Å². The van der Waals surface area contributed by atoms with Crippen molar-refractivity contribution in [3.05, 3.63) is 30.1 Å². The number of pyridine rings is 1. The Morgan fingerprint density at radius 2 is 2.15 bits per heavy atom. The van der Waals surface area contributed by atoms with Crippen LogP contribution in [0.15, 0.2) is 24.5 Å². The van der Waals surface area contributed by atoms with Gasteiger partial charge in [0.05, 0.1) is 12.0 Å². The molecule has 1 spiro atoms. The van der Waals surface area contributed by atoms with Gasteiger partial charge < -0.3 is 9.80 Å². The number of amides is 2. The summed E-state index contributed by atoms with van der Waals surface area (Å²) < 4.78 is 0. The van der Waals surface area contributed by atoms with Crippen LogP contribution in [0.5, 0.6) is 0 Å². The lowest BCUT2D eigenvalue weighted by Gasteiger charge is -2.41. The molecule has 6 heteroatoms. The first-order valence-corrected chi connectivity index (χ1v) is 9.57. The zero-order chi connectivity index (χ0) is 18.7. The van der Waals surface area contributed by atoms with E-state index in [1.807, 2.05) is 40.1 Å². The van der Waals surface area contributed by atoms with Crippen molar-refractivity contribution >= 4 is 11.8 Å². The predicted octanol–water partition coefficient (Wildman–Crippen LogP) is 1.76. The molecule has 1 aromatic heterocycles. The number of piperidine rings is 1. The molecule has 2 aliphatic rings. The maximum atomic E-state index is 13.0. The normalized spacial score (nSPS) is 23.5. The van der Waals surface area contributed by atoms with Gasteiger partial charge in [0.15, 0.2) is 0 Å². The average Bonchev–Trinajstić information content (AvgIpc) is 3.03. The van der Waals surface area contributed by atoms with Crippen LogP contribution in [0.25, 0.3) is 0 Å². The molecule has 0 aliphatic carbocycles. The summed E-state index contributed by atoms with van der Waals surface area (Å²) in [4.78, 5) is 35.7. The zero-order valence-corrected chi connectivity index (χ0v) is 16.1. The Kier molecular flexibility index (Phi) is 5.61. The highest BCUT2D eigenvalue weighted by Gasteiger charge is 2.49. The summed E-state index contributed by atoms with van der Waals surface area (Å²) in [5.74, 6) is 0.362. The van der Waals surface area contributed by atoms with Gasteiger partial charge in [-0.25, -0.2) is 0 Å². The van der Waals surface area contributed by atoms with Gasteiger partial charge in [-0.3, -0.25) is 19.5 Å². The van der Waals surface area contributed by atoms with Gasteiger partial charge in [0, 0.05) is 44.6 Å². The fourth-order valence-corrected chi connectivity index (χ4v) is 4.25. The number of carbonyl (C=O) groups is 2. The molecule has 2 saturated heterocycles. The van der Waals surface area contributed by atoms with Crippen LogP contribution in [0, 0.1) is 5.41 Å². The third-order valence-corrected chi connectivity index (χ3v) is 5.68. The predicted molar refractivity (Wildman–Crippen MR) is 100 cm³/mol. The quantitative estimate of drug-likeness (QED) is 0.805. The second-order valence-corrected chi connectivity index (χ2v) is 8.08. The molecule has 26 heavy (non-hydrogen) atoms. The van der Waals surface area contributed by atoms with Gasteiger partial charge in [0.2, 0.25) is 11.8 Å². The third-order valence-electron chi connectivity index (χ3n) is 5.68. The van der Waals surface area contributed by atoms with E-state index in [0.29, 0.717) is 26.2 Å². The Morgan fingerprint density at radius 1 is 1.35 bits per heavy atom. The molecule has 0 saturated carbocycles. The molecule has 0 N–H and O–H groups in total. The van der Waals surface area contributed by atoms with Gasteiger partial charge in [0.1, 0.15) is 0 Å². The second kappa shape index (κ2) is 7.74. The van der Waals surface area contributed by atoms with Gasteiger partial charge in [-0.1, -0.05) is 6.07 Å². The van der Waals surface area contributed by atoms with Crippen LogP contribution in [-0.4, -0.2) is 70.8 Å². The van der Waals surface area contributed by atoms with E-state index in [2.05, 4.69) is 18.8 Å². The van der Waals surface area contributed by atoms with Crippen molar-refractivity contribution in [3.8, 4) is 0 Å². The molecule has 2 aliphatic heterocycles. The lowest BCUT2D eigenvalue weighted by molar-refractivity contribution is -0.148. The smallest absolute Gasteiger partial charge is 0.236 e. The van der Waals surface area contributed by atoms with Crippen LogP contribution in [0.4, 0.5) is 0 Å². The summed E-state index contributed by atoms with van der Waals surface area (Å²) >= 11 is 0. The number of hydrogen-bond donors (Lipinski definition) is 0. The van der Waals surface area contributed by atoms with Crippen molar-refractivity contribution in [2.75, 3.05) is 33.2 Å². The summed E-state index contributed by atoms with van der Waals surface area (Å²) in [7, 11) is 1.95. The Balaban J connectivity index is 1.57. The molecular formula is C20H30N4O2. The number of carbonyl (C=O) groups excluding carboxylic acids is 2. The number of aromatic nitrogens is 1. The molecule has 1 aromatic rings. The summed E-state index contributed by atoms with van der Waals surface area (Å²) in [6.07, 6.45) is 6.32. The van der Waals surface area contributed by atoms with E-state index in [9.17, 15) is 9.59 Å². The molecule has 3 rings (SSSR count). The highest BCUT2D eigenvalue weighted by Crippen LogP contribution is 2.40. The minimum atomic E-state index is -0.347. The second-order valence-electron chi connectivity index (χ2n) is 8.08. The fraction of sp³-hybridized carbons (Fsp3) is 0.650. The van der Waals surface area contributed by atoms with Crippen LogP contribution in [-0.2, 0) is 16.1 Å². The van der Waals surface area contributed by atoms with Gasteiger partial charge in [-0.05, 0) is 51.8 Å². The highest BCUT2D eigenvalue weighted by molar-refractivity contribution is 5.86. The van der Waals surface area contributed by atoms with Crippen molar-refractivity contribution in [2.24, 2.45) is 5.41 Å². The molecule has 0 aromatic carbocycles. The summed E-state index contributed by atoms with van der Waals surface area (Å²) in [5, 5.41) is 0. The Bertz CT molecular complexity index is 648. The van der Waals surface area contributed by atoms with Crippen LogP contribution in [0.2, 0.25) is 0 Å². The van der Waals surface area contributed by atoms with E-state index in [-0.39, 0.29) is 23.3 Å². The van der Waals surface area contributed by atoms with E-state index in [1.165, 1.54) is 0 Å². The minimum absolute atomic E-state index is 0.114. The molecule has 0 bridgehead atoms. The van der Waals surface area contributed by atoms with E-state index < -0.39 is 0 Å². The summed E-state index contributed by atoms with van der Waals surface area (Å²) in [5.41, 5.74) is 0.746. The first kappa shape index (κ1) is 18.8. The number of rotatable bonds is 5. The van der Waals surface area contributed by atoms with Gasteiger partial charge in [0.25, 0.3) is 0 Å². The topological polar surface area (TPSA) is 56.8 Å². The molecule has 3 heterocycles. The number of nitrogens with zero attached hydrogens (tertiary/aromatic N) is 4. The molecule has 6 nitrogen and oxygen atoms in total. The Hall–Kier alpha value is -1.95. The first-order chi connectivity index (χ1) is 12.4. The Morgan fingerprint density at radius 3 is 2.85 bits per heavy atom. The van der Waals surface area contributed by atoms with E-state index in [1.54, 1.807) is 6.20 Å².